The highest BCUT2D eigenvalue weighted by Crippen LogP contribution is 2.58. The number of carbonyl (C=O) groups excluding carboxylic acids is 4. The van der Waals surface area contributed by atoms with E-state index >= 15 is 0 Å². The number of β-lactam (4-membered cyclic amide) rings is 1. The van der Waals surface area contributed by atoms with Crippen molar-refractivity contribution >= 4 is 53.0 Å². The molecule has 0 aliphatic carbocycles. The number of hydrogen-bond acceptors (Lipinski definition) is 10. The first kappa shape index (κ1) is 32.0. The van der Waals surface area contributed by atoms with Gasteiger partial charge in [-0.15, -0.1) is 23.5 Å². The van der Waals surface area contributed by atoms with Gasteiger partial charge in [-0.2, -0.15) is 0 Å². The molecule has 3 aromatic rings. The first-order chi connectivity index (χ1) is 21.5. The summed E-state index contributed by atoms with van der Waals surface area (Å²) < 4.78 is 10.4. The molecule has 0 radical (unpaired) electrons. The number of ether oxygens (including phenoxy) is 2. The normalized spacial score (nSPS) is 22.0. The second kappa shape index (κ2) is 12.9. The largest absolute Gasteiger partial charge is 0.460 e. The number of thioether (sulfide) groups is 2. The van der Waals surface area contributed by atoms with Crippen molar-refractivity contribution in [1.82, 2.24) is 10.2 Å². The van der Waals surface area contributed by atoms with E-state index in [0.717, 1.165) is 17.3 Å². The van der Waals surface area contributed by atoms with Gasteiger partial charge in [-0.25, -0.2) is 4.79 Å². The van der Waals surface area contributed by atoms with Crippen molar-refractivity contribution in [1.29, 1.82) is 0 Å². The third-order valence-corrected chi connectivity index (χ3v) is 10.7. The fourth-order valence-electron chi connectivity index (χ4n) is 5.42. The van der Waals surface area contributed by atoms with Gasteiger partial charge in [0.05, 0.1) is 4.92 Å². The quantitative estimate of drug-likeness (QED) is 0.0792. The van der Waals surface area contributed by atoms with Gasteiger partial charge in [0.2, 0.25) is 5.91 Å². The Labute approximate surface area is 268 Å². The van der Waals surface area contributed by atoms with Crippen molar-refractivity contribution in [2.24, 2.45) is 0 Å². The number of nitro benzene ring substituents is 1. The van der Waals surface area contributed by atoms with Crippen LogP contribution in [0.3, 0.4) is 0 Å². The van der Waals surface area contributed by atoms with Gasteiger partial charge in [0.25, 0.3) is 11.6 Å². The minimum atomic E-state index is -1.43. The van der Waals surface area contributed by atoms with Gasteiger partial charge in [0.15, 0.2) is 10.8 Å². The third kappa shape index (κ3) is 6.27. The molecule has 2 amide bonds. The summed E-state index contributed by atoms with van der Waals surface area (Å²) in [7, 11) is 0. The molecule has 4 atom stereocenters. The monoisotopic (exact) mass is 649 g/mol. The number of non-ortho nitro benzene ring substituents is 1. The third-order valence-electron chi connectivity index (χ3n) is 7.74. The standard InChI is InChI=1S/C32H31N3O8S2/c1-31(2)25(28(38)43-18-20-10-6-4-7-11-20)34-29(39)32(44-3,30(34)45-31)33-26(36)24(22-12-8-5-9-13-22)27(37)42-19-21-14-16-23(17-15-21)35(40)41/h4-17,24-25,30H,18-19H2,1-3H3,(H,33,36)/t24?,25-,30+,32-/m0/s1. The number of esters is 2. The summed E-state index contributed by atoms with van der Waals surface area (Å²) in [5, 5.41) is 13.2. The lowest BCUT2D eigenvalue weighted by Gasteiger charge is -2.52. The number of fused-ring (bicyclic) bond motifs is 1. The van der Waals surface area contributed by atoms with Gasteiger partial charge in [-0.05, 0) is 48.9 Å². The summed E-state index contributed by atoms with van der Waals surface area (Å²) in [5.41, 5.74) is 1.58. The molecule has 2 heterocycles. The fourth-order valence-corrected chi connectivity index (χ4v) is 8.22. The molecule has 2 fully saturated rings. The Morgan fingerprint density at radius 1 is 0.956 bits per heavy atom. The van der Waals surface area contributed by atoms with E-state index in [0.29, 0.717) is 11.1 Å². The first-order valence-corrected chi connectivity index (χ1v) is 16.1. The summed E-state index contributed by atoms with van der Waals surface area (Å²) in [6, 6.07) is 22.2. The molecular weight excluding hydrogens is 618 g/mol. The molecule has 0 spiro atoms. The molecule has 3 aromatic carbocycles. The Kier molecular flexibility index (Phi) is 9.21. The van der Waals surface area contributed by atoms with Gasteiger partial charge in [0, 0.05) is 16.9 Å². The zero-order valence-electron chi connectivity index (χ0n) is 24.7. The number of rotatable bonds is 11. The number of carbonyl (C=O) groups is 4. The molecule has 45 heavy (non-hydrogen) atoms. The minimum absolute atomic E-state index is 0.0643. The van der Waals surface area contributed by atoms with Gasteiger partial charge in [0.1, 0.15) is 24.6 Å². The highest BCUT2D eigenvalue weighted by Gasteiger charge is 2.72. The van der Waals surface area contributed by atoms with E-state index in [1.54, 1.807) is 36.6 Å². The van der Waals surface area contributed by atoms with E-state index in [2.05, 4.69) is 5.32 Å². The molecule has 0 aromatic heterocycles. The summed E-state index contributed by atoms with van der Waals surface area (Å²) in [6.07, 6.45) is 1.69. The van der Waals surface area contributed by atoms with Crippen molar-refractivity contribution in [2.45, 2.75) is 54.0 Å². The van der Waals surface area contributed by atoms with Gasteiger partial charge in [-0.3, -0.25) is 24.5 Å². The minimum Gasteiger partial charge on any atom is -0.460 e. The number of amides is 2. The van der Waals surface area contributed by atoms with Crippen LogP contribution in [0.4, 0.5) is 5.69 Å². The molecular formula is C32H31N3O8S2. The SMILES string of the molecule is CS[C@@]1(NC(=O)C(C(=O)OCc2ccc([N+](=O)[O-])cc2)c2ccccc2)C(=O)N2[C@@H](C(=O)OCc3ccccc3)C(C)(C)S[C@@H]21. The summed E-state index contributed by atoms with van der Waals surface area (Å²) >= 11 is 2.52. The van der Waals surface area contributed by atoms with Crippen LogP contribution in [0.15, 0.2) is 84.9 Å². The van der Waals surface area contributed by atoms with E-state index in [1.165, 1.54) is 40.9 Å². The molecule has 5 rings (SSSR count). The zero-order chi connectivity index (χ0) is 32.4. The van der Waals surface area contributed by atoms with Crippen molar-refractivity contribution < 1.29 is 33.6 Å². The number of nitrogens with one attached hydrogen (secondary N) is 1. The lowest BCUT2D eigenvalue weighted by atomic mass is 9.93. The smallest absolute Gasteiger partial charge is 0.330 e. The number of nitrogens with zero attached hydrogens (tertiary/aromatic N) is 2. The van der Waals surface area contributed by atoms with Crippen molar-refractivity contribution in [2.75, 3.05) is 6.26 Å². The fraction of sp³-hybridized carbons (Fsp3) is 0.312. The van der Waals surface area contributed by atoms with Gasteiger partial charge in [-0.1, -0.05) is 60.7 Å². The average molecular weight is 650 g/mol. The van der Waals surface area contributed by atoms with E-state index < -0.39 is 55.6 Å². The lowest BCUT2D eigenvalue weighted by Crippen LogP contribution is -2.78. The zero-order valence-corrected chi connectivity index (χ0v) is 26.3. The molecule has 13 heteroatoms. The first-order valence-electron chi connectivity index (χ1n) is 14.0. The van der Waals surface area contributed by atoms with Crippen LogP contribution in [0.1, 0.15) is 36.5 Å². The van der Waals surface area contributed by atoms with Crippen LogP contribution in [0.25, 0.3) is 0 Å². The van der Waals surface area contributed by atoms with Crippen LogP contribution in [0.5, 0.6) is 0 Å². The lowest BCUT2D eigenvalue weighted by molar-refractivity contribution is -0.384. The Hall–Kier alpha value is -4.36. The molecule has 1 N–H and O–H groups in total. The maximum atomic E-state index is 13.9. The van der Waals surface area contributed by atoms with Crippen LogP contribution >= 0.6 is 23.5 Å². The van der Waals surface area contributed by atoms with Crippen LogP contribution in [-0.2, 0) is 41.9 Å². The number of nitro groups is 1. The predicted octanol–water partition coefficient (Wildman–Crippen LogP) is 4.40. The molecule has 2 aliphatic rings. The second-order valence-corrected chi connectivity index (χ2v) is 13.9. The van der Waals surface area contributed by atoms with E-state index in [9.17, 15) is 29.3 Å². The number of hydrogen-bond donors (Lipinski definition) is 1. The van der Waals surface area contributed by atoms with Gasteiger partial charge < -0.3 is 19.7 Å². The summed E-state index contributed by atoms with van der Waals surface area (Å²) in [6.45, 7) is 3.56. The Morgan fingerprint density at radius 3 is 2.13 bits per heavy atom. The summed E-state index contributed by atoms with van der Waals surface area (Å²) in [5.74, 6) is -3.98. The average Bonchev–Trinajstić information content (AvgIpc) is 3.31. The van der Waals surface area contributed by atoms with Crippen molar-refractivity contribution in [3.05, 3.63) is 112 Å². The van der Waals surface area contributed by atoms with Crippen LogP contribution in [0.2, 0.25) is 0 Å². The molecule has 2 aliphatic heterocycles. The van der Waals surface area contributed by atoms with E-state index in [-0.39, 0.29) is 18.9 Å². The van der Waals surface area contributed by atoms with Crippen molar-refractivity contribution in [3.8, 4) is 0 Å². The van der Waals surface area contributed by atoms with Crippen molar-refractivity contribution in [3.63, 3.8) is 0 Å². The molecule has 2 saturated heterocycles. The Morgan fingerprint density at radius 2 is 1.53 bits per heavy atom. The van der Waals surface area contributed by atoms with Crippen LogP contribution in [-0.4, -0.2) is 60.9 Å². The highest BCUT2D eigenvalue weighted by atomic mass is 32.2. The van der Waals surface area contributed by atoms with E-state index in [1.807, 2.05) is 44.2 Å². The molecule has 0 bridgehead atoms. The maximum absolute atomic E-state index is 13.9. The Bertz CT molecular complexity index is 1600. The summed E-state index contributed by atoms with van der Waals surface area (Å²) in [4.78, 5) is 64.9. The predicted molar refractivity (Wildman–Crippen MR) is 169 cm³/mol. The molecule has 0 saturated carbocycles. The second-order valence-electron chi connectivity index (χ2n) is 11.1. The van der Waals surface area contributed by atoms with E-state index in [4.69, 9.17) is 9.47 Å². The van der Waals surface area contributed by atoms with Gasteiger partial charge >= 0.3 is 11.9 Å². The molecule has 11 nitrogen and oxygen atoms in total. The molecule has 234 valence electrons. The van der Waals surface area contributed by atoms with Crippen LogP contribution < -0.4 is 5.32 Å². The van der Waals surface area contributed by atoms with Crippen LogP contribution in [0, 0.1) is 10.1 Å². The topological polar surface area (TPSA) is 145 Å². The highest BCUT2D eigenvalue weighted by molar-refractivity contribution is 8.05. The number of benzene rings is 3. The molecule has 1 unspecified atom stereocenters. The maximum Gasteiger partial charge on any atom is 0.330 e. The Balaban J connectivity index is 1.32.